The van der Waals surface area contributed by atoms with Crippen molar-refractivity contribution in [1.82, 2.24) is 10.3 Å². The molecule has 0 bridgehead atoms. The smallest absolute Gasteiger partial charge is 0.171 e. The summed E-state index contributed by atoms with van der Waals surface area (Å²) in [7, 11) is 0. The molecule has 0 aromatic carbocycles. The first kappa shape index (κ1) is 13.6. The number of ether oxygens (including phenoxy) is 1. The van der Waals surface area contributed by atoms with Gasteiger partial charge >= 0.3 is 0 Å². The van der Waals surface area contributed by atoms with Crippen LogP contribution in [0.2, 0.25) is 5.15 Å². The molecule has 2 rings (SSSR count). The van der Waals surface area contributed by atoms with E-state index in [1.807, 2.05) is 12.1 Å². The number of halogens is 2. The summed E-state index contributed by atoms with van der Waals surface area (Å²) in [6.45, 7) is 2.93. The zero-order chi connectivity index (χ0) is 10.5. The van der Waals surface area contributed by atoms with Crippen molar-refractivity contribution in [3.05, 3.63) is 23.5 Å². The van der Waals surface area contributed by atoms with Gasteiger partial charge in [0.1, 0.15) is 0 Å². The van der Waals surface area contributed by atoms with E-state index in [0.29, 0.717) is 16.8 Å². The minimum atomic E-state index is 0. The molecule has 3 nitrogen and oxygen atoms in total. The SMILES string of the molecule is Cl.Clc1ncccc1OCC1CCNCC1. The van der Waals surface area contributed by atoms with Crippen molar-refractivity contribution in [2.24, 2.45) is 5.92 Å². The van der Waals surface area contributed by atoms with Crippen molar-refractivity contribution in [3.63, 3.8) is 0 Å². The predicted molar refractivity (Wildman–Crippen MR) is 67.6 cm³/mol. The monoisotopic (exact) mass is 262 g/mol. The van der Waals surface area contributed by atoms with E-state index in [1.54, 1.807) is 6.20 Å². The zero-order valence-corrected chi connectivity index (χ0v) is 10.6. The Kier molecular flexibility index (Phi) is 5.88. The molecule has 0 aliphatic carbocycles. The van der Waals surface area contributed by atoms with Gasteiger partial charge in [-0.1, -0.05) is 11.6 Å². The average molecular weight is 263 g/mol. The number of aromatic nitrogens is 1. The van der Waals surface area contributed by atoms with Gasteiger partial charge in [-0.05, 0) is 44.0 Å². The third-order valence-electron chi connectivity index (χ3n) is 2.66. The summed E-state index contributed by atoms with van der Waals surface area (Å²) in [5.41, 5.74) is 0. The second-order valence-corrected chi connectivity index (χ2v) is 4.15. The molecule has 16 heavy (non-hydrogen) atoms. The zero-order valence-electron chi connectivity index (χ0n) is 8.99. The van der Waals surface area contributed by atoms with Crippen LogP contribution in [0.25, 0.3) is 0 Å². The summed E-state index contributed by atoms with van der Waals surface area (Å²) in [4.78, 5) is 3.97. The van der Waals surface area contributed by atoms with Crippen molar-refractivity contribution < 1.29 is 4.74 Å². The summed E-state index contributed by atoms with van der Waals surface area (Å²) in [6, 6.07) is 3.69. The number of piperidine rings is 1. The van der Waals surface area contributed by atoms with E-state index in [9.17, 15) is 0 Å². The van der Waals surface area contributed by atoms with Crippen molar-refractivity contribution >= 4 is 24.0 Å². The van der Waals surface area contributed by atoms with E-state index in [4.69, 9.17) is 16.3 Å². The van der Waals surface area contributed by atoms with Crippen LogP contribution in [0.3, 0.4) is 0 Å². The fraction of sp³-hybridized carbons (Fsp3) is 0.545. The largest absolute Gasteiger partial charge is 0.490 e. The second-order valence-electron chi connectivity index (χ2n) is 3.80. The van der Waals surface area contributed by atoms with E-state index in [-0.39, 0.29) is 12.4 Å². The van der Waals surface area contributed by atoms with Crippen LogP contribution >= 0.6 is 24.0 Å². The van der Waals surface area contributed by atoms with Crippen molar-refractivity contribution in [2.75, 3.05) is 19.7 Å². The molecule has 1 aliphatic rings. The lowest BCUT2D eigenvalue weighted by Gasteiger charge is -2.22. The minimum Gasteiger partial charge on any atom is -0.490 e. The van der Waals surface area contributed by atoms with Gasteiger partial charge in [0.25, 0.3) is 0 Å². The van der Waals surface area contributed by atoms with Crippen LogP contribution in [0.5, 0.6) is 5.75 Å². The molecule has 1 aromatic heterocycles. The number of rotatable bonds is 3. The highest BCUT2D eigenvalue weighted by Crippen LogP contribution is 2.22. The molecule has 1 N–H and O–H groups in total. The summed E-state index contributed by atoms with van der Waals surface area (Å²) < 4.78 is 5.65. The van der Waals surface area contributed by atoms with Gasteiger partial charge in [0, 0.05) is 6.20 Å². The molecule has 2 heterocycles. The molecule has 0 atom stereocenters. The highest BCUT2D eigenvalue weighted by atomic mass is 35.5. The van der Waals surface area contributed by atoms with E-state index in [1.165, 1.54) is 12.8 Å². The van der Waals surface area contributed by atoms with Crippen LogP contribution in [0.4, 0.5) is 0 Å². The molecule has 1 saturated heterocycles. The molecule has 0 saturated carbocycles. The highest BCUT2D eigenvalue weighted by molar-refractivity contribution is 6.30. The molecule has 0 unspecified atom stereocenters. The van der Waals surface area contributed by atoms with Gasteiger partial charge in [-0.25, -0.2) is 4.98 Å². The van der Waals surface area contributed by atoms with Crippen molar-refractivity contribution in [3.8, 4) is 5.75 Å². The Labute approximate surface area is 107 Å². The van der Waals surface area contributed by atoms with Gasteiger partial charge in [-0.15, -0.1) is 12.4 Å². The maximum Gasteiger partial charge on any atom is 0.171 e. The van der Waals surface area contributed by atoms with Crippen LogP contribution in [-0.4, -0.2) is 24.7 Å². The van der Waals surface area contributed by atoms with Crippen LogP contribution in [0.15, 0.2) is 18.3 Å². The van der Waals surface area contributed by atoms with E-state index >= 15 is 0 Å². The van der Waals surface area contributed by atoms with Gasteiger partial charge in [0.05, 0.1) is 6.61 Å². The van der Waals surface area contributed by atoms with Gasteiger partial charge in [-0.3, -0.25) is 0 Å². The first-order valence-corrected chi connectivity index (χ1v) is 5.68. The summed E-state index contributed by atoms with van der Waals surface area (Å²) >= 11 is 5.89. The normalized spacial score (nSPS) is 16.6. The van der Waals surface area contributed by atoms with E-state index in [2.05, 4.69) is 10.3 Å². The van der Waals surface area contributed by atoms with Crippen LogP contribution in [0, 0.1) is 5.92 Å². The Morgan fingerprint density at radius 2 is 2.19 bits per heavy atom. The lowest BCUT2D eigenvalue weighted by molar-refractivity contribution is 0.215. The van der Waals surface area contributed by atoms with Crippen molar-refractivity contribution in [2.45, 2.75) is 12.8 Å². The summed E-state index contributed by atoms with van der Waals surface area (Å²) in [6.07, 6.45) is 4.02. The highest BCUT2D eigenvalue weighted by Gasteiger charge is 2.14. The average Bonchev–Trinajstić information content (AvgIpc) is 2.29. The number of nitrogens with zero attached hydrogens (tertiary/aromatic N) is 1. The molecule has 0 amide bonds. The van der Waals surface area contributed by atoms with Gasteiger partial charge < -0.3 is 10.1 Å². The Bertz CT molecular complexity index is 317. The second kappa shape index (κ2) is 6.94. The van der Waals surface area contributed by atoms with Gasteiger partial charge in [-0.2, -0.15) is 0 Å². The van der Waals surface area contributed by atoms with E-state index < -0.39 is 0 Å². The quantitative estimate of drug-likeness (QED) is 0.851. The molecule has 90 valence electrons. The Hall–Kier alpha value is -0.510. The standard InChI is InChI=1S/C11H15ClN2O.ClH/c12-11-10(2-1-5-14-11)15-8-9-3-6-13-7-4-9;/h1-2,5,9,13H,3-4,6-8H2;1H. The molecule has 0 spiro atoms. The first-order valence-electron chi connectivity index (χ1n) is 5.30. The van der Waals surface area contributed by atoms with Crippen LogP contribution in [-0.2, 0) is 0 Å². The minimum absolute atomic E-state index is 0. The fourth-order valence-corrected chi connectivity index (χ4v) is 1.91. The Balaban J connectivity index is 0.00000128. The van der Waals surface area contributed by atoms with Gasteiger partial charge in [0.2, 0.25) is 0 Å². The molecular weight excluding hydrogens is 247 g/mol. The van der Waals surface area contributed by atoms with Crippen LogP contribution < -0.4 is 10.1 Å². The third-order valence-corrected chi connectivity index (χ3v) is 2.94. The Morgan fingerprint density at radius 3 is 2.88 bits per heavy atom. The summed E-state index contributed by atoms with van der Waals surface area (Å²) in [5, 5.41) is 3.78. The third kappa shape index (κ3) is 3.81. The first-order chi connectivity index (χ1) is 7.36. The maximum atomic E-state index is 5.89. The maximum absolute atomic E-state index is 5.89. The number of nitrogens with one attached hydrogen (secondary N) is 1. The lowest BCUT2D eigenvalue weighted by Crippen LogP contribution is -2.30. The molecule has 1 fully saturated rings. The van der Waals surface area contributed by atoms with Gasteiger partial charge in [0.15, 0.2) is 10.9 Å². The molecule has 1 aromatic rings. The van der Waals surface area contributed by atoms with E-state index in [0.717, 1.165) is 19.7 Å². The molecular formula is C11H16Cl2N2O. The fourth-order valence-electron chi connectivity index (χ4n) is 1.73. The Morgan fingerprint density at radius 1 is 1.44 bits per heavy atom. The lowest BCUT2D eigenvalue weighted by atomic mass is 9.99. The molecule has 5 heteroatoms. The summed E-state index contributed by atoms with van der Waals surface area (Å²) in [5.74, 6) is 1.33. The van der Waals surface area contributed by atoms with Crippen molar-refractivity contribution in [1.29, 1.82) is 0 Å². The number of hydrogen-bond acceptors (Lipinski definition) is 3. The number of hydrogen-bond donors (Lipinski definition) is 1. The van der Waals surface area contributed by atoms with Crippen LogP contribution in [0.1, 0.15) is 12.8 Å². The predicted octanol–water partition coefficient (Wildman–Crippen LogP) is 2.54. The molecule has 0 radical (unpaired) electrons. The number of pyridine rings is 1. The topological polar surface area (TPSA) is 34.1 Å². The molecule has 1 aliphatic heterocycles.